The van der Waals surface area contributed by atoms with Crippen LogP contribution < -0.4 is 5.73 Å². The summed E-state index contributed by atoms with van der Waals surface area (Å²) in [6.45, 7) is 9.08. The molecular weight excluding hydrogens is 136 g/mol. The number of rotatable bonds is 3. The molecule has 0 bridgehead atoms. The third-order valence-corrected chi connectivity index (χ3v) is 1.36. The number of hydrogen-bond acceptors (Lipinski definition) is 1. The van der Waals surface area contributed by atoms with Gasteiger partial charge in [0.1, 0.15) is 6.57 Å². The summed E-state index contributed by atoms with van der Waals surface area (Å²) in [7, 11) is 0. The predicted molar refractivity (Wildman–Crippen MR) is 49.2 cm³/mol. The molecule has 0 aromatic heterocycles. The largest absolute Gasteiger partial charge is 0.379 e. The number of allylic oxidation sites excluding steroid dienone is 3. The Kier molecular flexibility index (Phi) is 4.93. The molecule has 0 atom stereocenters. The van der Waals surface area contributed by atoms with Crippen molar-refractivity contribution < 1.29 is 0 Å². The van der Waals surface area contributed by atoms with Crippen LogP contribution >= 0.6 is 0 Å². The molecule has 0 heterocycles. The van der Waals surface area contributed by atoms with Crippen LogP contribution in [0.25, 0.3) is 4.85 Å². The van der Waals surface area contributed by atoms with Gasteiger partial charge in [0.2, 0.25) is 0 Å². The first-order chi connectivity index (χ1) is 5.26. The van der Waals surface area contributed by atoms with E-state index in [0.29, 0.717) is 5.82 Å². The zero-order chi connectivity index (χ0) is 8.69. The van der Waals surface area contributed by atoms with Gasteiger partial charge in [-0.05, 0) is 13.3 Å². The number of nitrogens with two attached hydrogens (primary N) is 1. The van der Waals surface area contributed by atoms with E-state index in [-0.39, 0.29) is 0 Å². The SMILES string of the molecule is C#[N+]/C(N)=C(\C=C/C)CCC. The highest BCUT2D eigenvalue weighted by molar-refractivity contribution is 5.27. The molecule has 0 aromatic carbocycles. The van der Waals surface area contributed by atoms with Crippen LogP contribution in [0.3, 0.4) is 0 Å². The molecule has 0 aliphatic rings. The maximum atomic E-state index is 5.53. The Bertz CT molecular complexity index is 206. The maximum absolute atomic E-state index is 5.53. The second-order valence-electron chi connectivity index (χ2n) is 2.29. The lowest BCUT2D eigenvalue weighted by Gasteiger charge is -1.93. The first-order valence-electron chi connectivity index (χ1n) is 3.78. The van der Waals surface area contributed by atoms with Crippen LogP contribution in [0, 0.1) is 6.57 Å². The molecule has 0 saturated carbocycles. The summed E-state index contributed by atoms with van der Waals surface area (Å²) in [5.74, 6) is 0.435. The highest BCUT2D eigenvalue weighted by Crippen LogP contribution is 2.09. The smallest absolute Gasteiger partial charge is 0.272 e. The van der Waals surface area contributed by atoms with Gasteiger partial charge in [0.05, 0.1) is 5.57 Å². The van der Waals surface area contributed by atoms with E-state index in [9.17, 15) is 0 Å². The van der Waals surface area contributed by atoms with Crippen molar-refractivity contribution in [3.05, 3.63) is 28.4 Å². The van der Waals surface area contributed by atoms with Gasteiger partial charge < -0.3 is 0 Å². The van der Waals surface area contributed by atoms with Gasteiger partial charge in [-0.3, -0.25) is 5.73 Å². The normalized spacial score (nSPS) is 12.8. The van der Waals surface area contributed by atoms with Gasteiger partial charge in [0.25, 0.3) is 0 Å². The minimum absolute atomic E-state index is 0.435. The second kappa shape index (κ2) is 5.55. The highest BCUT2D eigenvalue weighted by Gasteiger charge is 2.03. The lowest BCUT2D eigenvalue weighted by Crippen LogP contribution is -1.96. The van der Waals surface area contributed by atoms with E-state index in [1.54, 1.807) is 0 Å². The van der Waals surface area contributed by atoms with Crippen LogP contribution in [0.5, 0.6) is 0 Å². The van der Waals surface area contributed by atoms with Crippen molar-refractivity contribution in [2.24, 2.45) is 5.73 Å². The van der Waals surface area contributed by atoms with Crippen molar-refractivity contribution in [3.63, 3.8) is 0 Å². The molecular formula is C9H15N2+. The number of hydrogen-bond donors (Lipinski definition) is 1. The Balaban J connectivity index is 4.46. The molecule has 0 rings (SSSR count). The van der Waals surface area contributed by atoms with Gasteiger partial charge in [-0.15, -0.1) is 0 Å². The highest BCUT2D eigenvalue weighted by atomic mass is 14.8. The third-order valence-electron chi connectivity index (χ3n) is 1.36. The van der Waals surface area contributed by atoms with Crippen LogP contribution in [0.1, 0.15) is 26.7 Å². The molecule has 0 spiro atoms. The summed E-state index contributed by atoms with van der Waals surface area (Å²) in [5.41, 5.74) is 6.54. The Morgan fingerprint density at radius 2 is 2.27 bits per heavy atom. The van der Waals surface area contributed by atoms with Crippen molar-refractivity contribution in [3.8, 4) is 6.57 Å². The zero-order valence-corrected chi connectivity index (χ0v) is 7.17. The van der Waals surface area contributed by atoms with E-state index in [1.807, 2.05) is 19.1 Å². The molecule has 2 N–H and O–H groups in total. The summed E-state index contributed by atoms with van der Waals surface area (Å²) in [6.07, 6.45) is 5.85. The van der Waals surface area contributed by atoms with E-state index in [4.69, 9.17) is 12.3 Å². The van der Waals surface area contributed by atoms with Crippen molar-refractivity contribution >= 4 is 0 Å². The molecule has 0 saturated heterocycles. The molecule has 0 unspecified atom stereocenters. The van der Waals surface area contributed by atoms with E-state index >= 15 is 0 Å². The van der Waals surface area contributed by atoms with Crippen LogP contribution in [0.15, 0.2) is 23.5 Å². The minimum atomic E-state index is 0.435. The average molecular weight is 151 g/mol. The topological polar surface area (TPSA) is 30.4 Å². The van der Waals surface area contributed by atoms with Crippen LogP contribution in [0.2, 0.25) is 0 Å². The Hall–Kier alpha value is -1.23. The molecule has 0 amide bonds. The molecule has 0 radical (unpaired) electrons. The van der Waals surface area contributed by atoms with Crippen LogP contribution in [-0.2, 0) is 0 Å². The molecule has 0 aromatic rings. The second-order valence-corrected chi connectivity index (χ2v) is 2.29. The first-order valence-corrected chi connectivity index (χ1v) is 3.78. The van der Waals surface area contributed by atoms with E-state index < -0.39 is 0 Å². The Labute approximate surface area is 68.2 Å². The summed E-state index contributed by atoms with van der Waals surface area (Å²) in [5, 5.41) is 0. The molecule has 0 aliphatic carbocycles. The Morgan fingerprint density at radius 1 is 1.64 bits per heavy atom. The summed E-state index contributed by atoms with van der Waals surface area (Å²) >= 11 is 0. The first kappa shape index (κ1) is 9.77. The Morgan fingerprint density at radius 3 is 2.64 bits per heavy atom. The molecule has 2 heteroatoms. The third kappa shape index (κ3) is 3.47. The van der Waals surface area contributed by atoms with Crippen LogP contribution in [-0.4, -0.2) is 0 Å². The minimum Gasteiger partial charge on any atom is -0.272 e. The molecule has 0 fully saturated rings. The van der Waals surface area contributed by atoms with Crippen molar-refractivity contribution in [2.45, 2.75) is 26.7 Å². The lowest BCUT2D eigenvalue weighted by atomic mass is 10.1. The molecule has 60 valence electrons. The van der Waals surface area contributed by atoms with Gasteiger partial charge in [0, 0.05) is 0 Å². The molecule has 11 heavy (non-hydrogen) atoms. The van der Waals surface area contributed by atoms with Gasteiger partial charge in [-0.2, -0.15) is 4.85 Å². The van der Waals surface area contributed by atoms with Crippen molar-refractivity contribution in [1.29, 1.82) is 0 Å². The zero-order valence-electron chi connectivity index (χ0n) is 7.17. The van der Waals surface area contributed by atoms with Gasteiger partial charge in [0.15, 0.2) is 0 Å². The van der Waals surface area contributed by atoms with Crippen molar-refractivity contribution in [1.82, 2.24) is 0 Å². The van der Waals surface area contributed by atoms with E-state index in [2.05, 4.69) is 11.8 Å². The van der Waals surface area contributed by atoms with Gasteiger partial charge >= 0.3 is 5.82 Å². The fourth-order valence-corrected chi connectivity index (χ4v) is 0.850. The predicted octanol–water partition coefficient (Wildman–Crippen LogP) is 2.50. The van der Waals surface area contributed by atoms with Gasteiger partial charge in [-0.1, -0.05) is 25.5 Å². The van der Waals surface area contributed by atoms with E-state index in [1.165, 1.54) is 0 Å². The summed E-state index contributed by atoms with van der Waals surface area (Å²) < 4.78 is 0. The quantitative estimate of drug-likeness (QED) is 0.617. The molecule has 2 nitrogen and oxygen atoms in total. The lowest BCUT2D eigenvalue weighted by molar-refractivity contribution is 0.914. The standard InChI is InChI=1S/C9H15N2/c1-4-6-8(7-5-2)9(10)11-3/h3-4,6H,5,7,10H2,1-2H3/q+1/b6-4-,9-8+. The summed E-state index contributed by atoms with van der Waals surface area (Å²) in [6, 6.07) is 0. The van der Waals surface area contributed by atoms with Crippen molar-refractivity contribution in [2.75, 3.05) is 0 Å². The monoisotopic (exact) mass is 151 g/mol. The maximum Gasteiger partial charge on any atom is 0.379 e. The van der Waals surface area contributed by atoms with Crippen LogP contribution in [0.4, 0.5) is 0 Å². The molecule has 0 aliphatic heterocycles. The van der Waals surface area contributed by atoms with Gasteiger partial charge in [-0.25, -0.2) is 0 Å². The average Bonchev–Trinajstić information content (AvgIpc) is 2.03. The fourth-order valence-electron chi connectivity index (χ4n) is 0.850. The van der Waals surface area contributed by atoms with E-state index in [0.717, 1.165) is 18.4 Å². The summed E-state index contributed by atoms with van der Waals surface area (Å²) in [4.78, 5) is 3.43. The number of nitrogens with zero attached hydrogens (tertiary/aromatic N) is 1. The fraction of sp³-hybridized carbons (Fsp3) is 0.444.